The lowest BCUT2D eigenvalue weighted by Crippen LogP contribution is -2.46. The van der Waals surface area contributed by atoms with Gasteiger partial charge >= 0.3 is 6.03 Å². The molecule has 1 spiro atoms. The maximum absolute atomic E-state index is 13.6. The summed E-state index contributed by atoms with van der Waals surface area (Å²) in [5.74, 6) is 0.229. The third-order valence-corrected chi connectivity index (χ3v) is 10.2. The summed E-state index contributed by atoms with van der Waals surface area (Å²) in [5.41, 5.74) is 6.43. The summed E-state index contributed by atoms with van der Waals surface area (Å²) in [5, 5.41) is 10.6. The summed E-state index contributed by atoms with van der Waals surface area (Å²) >= 11 is 12.8. The fourth-order valence-electron chi connectivity index (χ4n) is 7.55. The van der Waals surface area contributed by atoms with Gasteiger partial charge in [-0.1, -0.05) is 70.7 Å². The molecule has 1 heterocycles. The third-order valence-electron chi connectivity index (χ3n) is 9.50. The Bertz CT molecular complexity index is 1470. The molecule has 1 aliphatic heterocycles. The van der Waals surface area contributed by atoms with Gasteiger partial charge in [-0.3, -0.25) is 4.79 Å². The van der Waals surface area contributed by atoms with Crippen LogP contribution >= 0.6 is 23.2 Å². The minimum absolute atomic E-state index is 0.000817. The number of hydrogen-bond acceptors (Lipinski definition) is 3. The molecule has 1 saturated heterocycles. The SMILES string of the molecule is CNC(=O)NC1c2ccccc2C2(CCNCC2)C1CC[C@H](CN(C)C(=O)c1cc(C)cc(C)c1)c1ccc(Cl)c(Cl)c1. The molecule has 0 bridgehead atoms. The first-order chi connectivity index (χ1) is 20.6. The number of aryl methyl sites for hydroxylation is 2. The van der Waals surface area contributed by atoms with Crippen LogP contribution in [0.2, 0.25) is 10.0 Å². The molecule has 2 aliphatic rings. The quantitative estimate of drug-likeness (QED) is 0.250. The maximum atomic E-state index is 13.6. The van der Waals surface area contributed by atoms with Crippen molar-refractivity contribution in [2.45, 2.75) is 56.9 Å². The lowest BCUT2D eigenvalue weighted by atomic mass is 9.66. The number of rotatable bonds is 8. The zero-order valence-electron chi connectivity index (χ0n) is 25.5. The van der Waals surface area contributed by atoms with Gasteiger partial charge in [0, 0.05) is 37.5 Å². The molecule has 5 rings (SSSR count). The highest BCUT2D eigenvalue weighted by atomic mass is 35.5. The van der Waals surface area contributed by atoms with Crippen LogP contribution in [0.25, 0.3) is 0 Å². The zero-order chi connectivity index (χ0) is 30.7. The number of fused-ring (bicyclic) bond motifs is 2. The Morgan fingerprint density at radius 3 is 2.37 bits per heavy atom. The van der Waals surface area contributed by atoms with E-state index in [2.05, 4.69) is 46.3 Å². The Hall–Kier alpha value is -3.06. The molecule has 0 aromatic heterocycles. The van der Waals surface area contributed by atoms with Crippen LogP contribution in [0.1, 0.15) is 75.8 Å². The molecule has 3 N–H and O–H groups in total. The van der Waals surface area contributed by atoms with Crippen molar-refractivity contribution < 1.29 is 9.59 Å². The number of benzene rings is 3. The van der Waals surface area contributed by atoms with E-state index >= 15 is 0 Å². The van der Waals surface area contributed by atoms with Crippen molar-refractivity contribution in [3.63, 3.8) is 0 Å². The van der Waals surface area contributed by atoms with Crippen LogP contribution in [0.3, 0.4) is 0 Å². The fraction of sp³-hybridized carbons (Fsp3) is 0.429. The fourth-order valence-corrected chi connectivity index (χ4v) is 7.85. The van der Waals surface area contributed by atoms with E-state index in [0.717, 1.165) is 55.5 Å². The van der Waals surface area contributed by atoms with E-state index in [1.54, 1.807) is 7.05 Å². The molecule has 1 fully saturated rings. The summed E-state index contributed by atoms with van der Waals surface area (Å²) in [6.07, 6.45) is 3.73. The predicted molar refractivity (Wildman–Crippen MR) is 175 cm³/mol. The van der Waals surface area contributed by atoms with Gasteiger partial charge in [0.05, 0.1) is 16.1 Å². The second-order valence-corrected chi connectivity index (χ2v) is 13.1. The molecule has 228 valence electrons. The van der Waals surface area contributed by atoms with Crippen LogP contribution in [0, 0.1) is 19.8 Å². The number of amides is 3. The largest absolute Gasteiger partial charge is 0.341 e. The molecule has 6 nitrogen and oxygen atoms in total. The van der Waals surface area contributed by atoms with Crippen molar-refractivity contribution in [3.8, 4) is 0 Å². The van der Waals surface area contributed by atoms with Crippen LogP contribution in [-0.2, 0) is 5.41 Å². The van der Waals surface area contributed by atoms with Gasteiger partial charge in [-0.15, -0.1) is 0 Å². The Morgan fingerprint density at radius 1 is 1.00 bits per heavy atom. The van der Waals surface area contributed by atoms with Gasteiger partial charge in [0.25, 0.3) is 5.91 Å². The molecular formula is C35H42Cl2N4O2. The highest BCUT2D eigenvalue weighted by molar-refractivity contribution is 6.42. The first-order valence-electron chi connectivity index (χ1n) is 15.2. The molecule has 1 aliphatic carbocycles. The number of nitrogens with zero attached hydrogens (tertiary/aromatic N) is 1. The zero-order valence-corrected chi connectivity index (χ0v) is 27.0. The monoisotopic (exact) mass is 620 g/mol. The average molecular weight is 622 g/mol. The molecular weight excluding hydrogens is 579 g/mol. The molecule has 2 unspecified atom stereocenters. The smallest absolute Gasteiger partial charge is 0.315 e. The summed E-state index contributed by atoms with van der Waals surface area (Å²) < 4.78 is 0. The molecule has 3 amide bonds. The van der Waals surface area contributed by atoms with Crippen molar-refractivity contribution in [2.24, 2.45) is 5.92 Å². The molecule has 3 aromatic carbocycles. The lowest BCUT2D eigenvalue weighted by molar-refractivity contribution is 0.0780. The average Bonchev–Trinajstić information content (AvgIpc) is 3.23. The number of hydrogen-bond donors (Lipinski definition) is 3. The van der Waals surface area contributed by atoms with E-state index in [4.69, 9.17) is 23.2 Å². The lowest BCUT2D eigenvalue weighted by Gasteiger charge is -2.42. The first-order valence-corrected chi connectivity index (χ1v) is 16.0. The summed E-state index contributed by atoms with van der Waals surface area (Å²) in [4.78, 5) is 28.2. The van der Waals surface area contributed by atoms with Crippen LogP contribution < -0.4 is 16.0 Å². The van der Waals surface area contributed by atoms with E-state index in [1.807, 2.05) is 56.1 Å². The van der Waals surface area contributed by atoms with Crippen LogP contribution in [0.15, 0.2) is 60.7 Å². The van der Waals surface area contributed by atoms with Gasteiger partial charge in [-0.2, -0.15) is 0 Å². The number of halogens is 2. The van der Waals surface area contributed by atoms with Gasteiger partial charge in [-0.25, -0.2) is 4.79 Å². The first kappa shape index (κ1) is 31.4. The molecule has 43 heavy (non-hydrogen) atoms. The van der Waals surface area contributed by atoms with Gasteiger partial charge in [0.2, 0.25) is 0 Å². The molecule has 3 aromatic rings. The van der Waals surface area contributed by atoms with Gasteiger partial charge in [-0.05, 0) is 99.5 Å². The normalized spacial score (nSPS) is 19.5. The Kier molecular flexibility index (Phi) is 9.70. The topological polar surface area (TPSA) is 73.5 Å². The third kappa shape index (κ3) is 6.57. The molecule has 3 atom stereocenters. The van der Waals surface area contributed by atoms with E-state index < -0.39 is 0 Å². The van der Waals surface area contributed by atoms with Crippen molar-refractivity contribution in [1.29, 1.82) is 0 Å². The summed E-state index contributed by atoms with van der Waals surface area (Å²) in [7, 11) is 3.54. The maximum Gasteiger partial charge on any atom is 0.315 e. The molecule has 0 radical (unpaired) electrons. The second-order valence-electron chi connectivity index (χ2n) is 12.3. The Balaban J connectivity index is 1.47. The van der Waals surface area contributed by atoms with E-state index in [-0.39, 0.29) is 35.2 Å². The van der Waals surface area contributed by atoms with Crippen LogP contribution in [-0.4, -0.2) is 50.6 Å². The Labute approximate surface area is 265 Å². The molecule has 8 heteroatoms. The second kappa shape index (κ2) is 13.3. The van der Waals surface area contributed by atoms with Crippen molar-refractivity contribution in [3.05, 3.63) is 104 Å². The van der Waals surface area contributed by atoms with Gasteiger partial charge in [0.1, 0.15) is 0 Å². The van der Waals surface area contributed by atoms with Gasteiger partial charge < -0.3 is 20.9 Å². The predicted octanol–water partition coefficient (Wildman–Crippen LogP) is 7.17. The van der Waals surface area contributed by atoms with Gasteiger partial charge in [0.15, 0.2) is 0 Å². The minimum Gasteiger partial charge on any atom is -0.341 e. The number of piperidine rings is 1. The number of carbonyl (C=O) groups is 2. The van der Waals surface area contributed by atoms with Crippen molar-refractivity contribution in [1.82, 2.24) is 20.9 Å². The van der Waals surface area contributed by atoms with Crippen LogP contribution in [0.5, 0.6) is 0 Å². The van der Waals surface area contributed by atoms with E-state index in [0.29, 0.717) is 22.2 Å². The summed E-state index contributed by atoms with van der Waals surface area (Å²) in [6, 6.07) is 20.1. The standard InChI is InChI=1S/C35H42Cl2N4O2/c1-22-17-23(2)19-26(18-22)33(42)41(4)21-25(24-10-12-30(36)31(37)20-24)9-11-29-32(40-34(43)38-3)27-7-5-6-8-28(27)35(29)13-15-39-16-14-35/h5-8,10,12,17-20,25,29,32,39H,9,11,13-16,21H2,1-4H3,(H2,38,40,43)/t25-,29?,32?/m1/s1. The highest BCUT2D eigenvalue weighted by Crippen LogP contribution is 2.56. The summed E-state index contributed by atoms with van der Waals surface area (Å²) in [6.45, 7) is 6.46. The van der Waals surface area contributed by atoms with E-state index in [1.165, 1.54) is 11.1 Å². The van der Waals surface area contributed by atoms with Crippen molar-refractivity contribution in [2.75, 3.05) is 33.7 Å². The van der Waals surface area contributed by atoms with E-state index in [9.17, 15) is 9.59 Å². The molecule has 0 saturated carbocycles. The number of urea groups is 1. The number of carbonyl (C=O) groups excluding carboxylic acids is 2. The minimum atomic E-state index is -0.171. The Morgan fingerprint density at radius 2 is 1.70 bits per heavy atom. The van der Waals surface area contributed by atoms with Crippen LogP contribution in [0.4, 0.5) is 4.79 Å². The number of likely N-dealkylation sites (N-methyl/N-ethyl adjacent to an activating group) is 1. The van der Waals surface area contributed by atoms with Crippen molar-refractivity contribution >= 4 is 35.1 Å². The highest BCUT2D eigenvalue weighted by Gasteiger charge is 2.52. The number of nitrogens with one attached hydrogen (secondary N) is 3.